The number of amides is 2. The fourth-order valence-corrected chi connectivity index (χ4v) is 6.96. The second-order valence-electron chi connectivity index (χ2n) is 11.8. The van der Waals surface area contributed by atoms with Gasteiger partial charge in [0.25, 0.3) is 0 Å². The third-order valence-corrected chi connectivity index (χ3v) is 9.25. The standard InChI is InChI=1S/C35H34F3N7O4S/c1-3-40-34(48)43-30-15-24(32-42-29(20-50-32)35(36,37)38)26(16-41-30)22-7-8-28-25(14-22)31(46)27(33(47)49-4-2)19-45(28)23-6-5-13-44(18-23)17-21-9-11-39-12-10-21/h7-12,14-16,19-20,23H,3-6,13,17-18H2,1-2H3,(H2,40,41,43,48). The lowest BCUT2D eigenvalue weighted by Crippen LogP contribution is -2.37. The van der Waals surface area contributed by atoms with Crippen LogP contribution in [-0.4, -0.2) is 62.7 Å². The Morgan fingerprint density at radius 3 is 2.62 bits per heavy atom. The van der Waals surface area contributed by atoms with Gasteiger partial charge in [0.1, 0.15) is 16.4 Å². The van der Waals surface area contributed by atoms with Crippen LogP contribution in [0.5, 0.6) is 0 Å². The molecule has 0 spiro atoms. The van der Waals surface area contributed by atoms with Crippen LogP contribution in [0.15, 0.2) is 71.4 Å². The Bertz CT molecular complexity index is 2080. The molecule has 4 aromatic heterocycles. The van der Waals surface area contributed by atoms with E-state index in [1.54, 1.807) is 50.6 Å². The second kappa shape index (κ2) is 14.8. The number of hydrogen-bond donors (Lipinski definition) is 2. The lowest BCUT2D eigenvalue weighted by molar-refractivity contribution is -0.140. The number of carbonyl (C=O) groups excluding carboxylic acids is 2. The molecule has 1 atom stereocenters. The molecule has 260 valence electrons. The van der Waals surface area contributed by atoms with Gasteiger partial charge in [0.05, 0.1) is 12.1 Å². The number of halogens is 3. The van der Waals surface area contributed by atoms with Crippen molar-refractivity contribution >= 4 is 40.1 Å². The van der Waals surface area contributed by atoms with Gasteiger partial charge in [-0.1, -0.05) is 6.07 Å². The third kappa shape index (κ3) is 7.53. The van der Waals surface area contributed by atoms with Crippen LogP contribution >= 0.6 is 11.3 Å². The molecule has 2 N–H and O–H groups in total. The smallest absolute Gasteiger partial charge is 0.434 e. The molecular formula is C35H34F3N7O4S. The zero-order valence-corrected chi connectivity index (χ0v) is 28.1. The summed E-state index contributed by atoms with van der Waals surface area (Å²) in [5.41, 5.74) is 1.14. The van der Waals surface area contributed by atoms with E-state index in [-0.39, 0.29) is 40.0 Å². The molecule has 5 heterocycles. The number of alkyl halides is 3. The van der Waals surface area contributed by atoms with Crippen LogP contribution in [0.1, 0.15) is 54.3 Å². The van der Waals surface area contributed by atoms with Crippen LogP contribution in [-0.2, 0) is 17.5 Å². The van der Waals surface area contributed by atoms with E-state index in [1.807, 2.05) is 16.7 Å². The van der Waals surface area contributed by atoms with E-state index < -0.39 is 29.3 Å². The van der Waals surface area contributed by atoms with Crippen molar-refractivity contribution in [3.05, 3.63) is 93.6 Å². The quantitative estimate of drug-likeness (QED) is 0.161. The molecule has 1 fully saturated rings. The molecular weight excluding hydrogens is 671 g/mol. The highest BCUT2D eigenvalue weighted by Crippen LogP contribution is 2.39. The normalized spacial score (nSPS) is 15.2. The molecule has 50 heavy (non-hydrogen) atoms. The minimum absolute atomic E-state index is 0.0444. The van der Waals surface area contributed by atoms with Gasteiger partial charge in [-0.25, -0.2) is 19.6 Å². The summed E-state index contributed by atoms with van der Waals surface area (Å²) < 4.78 is 47.9. The van der Waals surface area contributed by atoms with Crippen LogP contribution in [0.2, 0.25) is 0 Å². The van der Waals surface area contributed by atoms with E-state index >= 15 is 0 Å². The summed E-state index contributed by atoms with van der Waals surface area (Å²) in [4.78, 5) is 53.9. The van der Waals surface area contributed by atoms with Gasteiger partial charge in [-0.2, -0.15) is 13.2 Å². The number of piperidine rings is 1. The Balaban J connectivity index is 1.46. The Morgan fingerprint density at radius 2 is 1.90 bits per heavy atom. The molecule has 1 aliphatic heterocycles. The molecule has 6 rings (SSSR count). The van der Waals surface area contributed by atoms with Gasteiger partial charge in [-0.05, 0) is 74.7 Å². The van der Waals surface area contributed by atoms with Gasteiger partial charge >= 0.3 is 18.2 Å². The lowest BCUT2D eigenvalue weighted by atomic mass is 9.98. The highest BCUT2D eigenvalue weighted by Gasteiger charge is 2.34. The van der Waals surface area contributed by atoms with Gasteiger partial charge in [-0.15, -0.1) is 11.3 Å². The summed E-state index contributed by atoms with van der Waals surface area (Å²) in [7, 11) is 0. The molecule has 0 aliphatic carbocycles. The van der Waals surface area contributed by atoms with E-state index in [1.165, 1.54) is 12.3 Å². The number of aromatic nitrogens is 4. The average Bonchev–Trinajstić information content (AvgIpc) is 3.61. The third-order valence-electron chi connectivity index (χ3n) is 8.38. The molecule has 11 nitrogen and oxygen atoms in total. The SMILES string of the molecule is CCNC(=O)Nc1cc(-c2nc(C(F)(F)F)cs2)c(-c2ccc3c(c2)c(=O)c(C(=O)OCC)cn3C2CCCN(Cc3ccncc3)C2)cn1. The van der Waals surface area contributed by atoms with Crippen molar-refractivity contribution in [3.8, 4) is 21.7 Å². The number of thiazole rings is 1. The van der Waals surface area contributed by atoms with E-state index in [0.29, 0.717) is 29.7 Å². The Kier molecular flexibility index (Phi) is 10.2. The van der Waals surface area contributed by atoms with Crippen molar-refractivity contribution in [1.82, 2.24) is 29.7 Å². The molecule has 0 radical (unpaired) electrons. The number of hydrogen-bond acceptors (Lipinski definition) is 9. The molecule has 5 aromatic rings. The van der Waals surface area contributed by atoms with Crippen molar-refractivity contribution in [3.63, 3.8) is 0 Å². The molecule has 15 heteroatoms. The van der Waals surface area contributed by atoms with Gasteiger partial charge < -0.3 is 14.6 Å². The number of anilines is 1. The fraction of sp³-hybridized carbons (Fsp3) is 0.314. The van der Waals surface area contributed by atoms with Crippen molar-refractivity contribution in [2.24, 2.45) is 0 Å². The molecule has 1 saturated heterocycles. The minimum Gasteiger partial charge on any atom is -0.462 e. The summed E-state index contributed by atoms with van der Waals surface area (Å²) in [6.45, 7) is 6.12. The highest BCUT2D eigenvalue weighted by atomic mass is 32.1. The molecule has 0 bridgehead atoms. The Hall–Kier alpha value is -5.15. The summed E-state index contributed by atoms with van der Waals surface area (Å²) in [6, 6.07) is 9.94. The predicted octanol–water partition coefficient (Wildman–Crippen LogP) is 6.76. The summed E-state index contributed by atoms with van der Waals surface area (Å²) >= 11 is 0.794. The number of carbonyl (C=O) groups is 2. The van der Waals surface area contributed by atoms with Crippen molar-refractivity contribution in [2.45, 2.75) is 45.5 Å². The van der Waals surface area contributed by atoms with E-state index in [0.717, 1.165) is 48.2 Å². The van der Waals surface area contributed by atoms with Crippen LogP contribution in [0.3, 0.4) is 0 Å². The number of rotatable bonds is 9. The number of pyridine rings is 3. The molecule has 2 amide bonds. The van der Waals surface area contributed by atoms with Crippen LogP contribution < -0.4 is 16.1 Å². The largest absolute Gasteiger partial charge is 0.462 e. The molecule has 1 unspecified atom stereocenters. The zero-order chi connectivity index (χ0) is 35.4. The average molecular weight is 706 g/mol. The maximum atomic E-state index is 13.9. The lowest BCUT2D eigenvalue weighted by Gasteiger charge is -2.35. The summed E-state index contributed by atoms with van der Waals surface area (Å²) in [5.74, 6) is -0.645. The number of fused-ring (bicyclic) bond motifs is 1. The number of nitrogens with zero attached hydrogens (tertiary/aromatic N) is 5. The van der Waals surface area contributed by atoms with Gasteiger partial charge in [0, 0.05) is 72.4 Å². The number of nitrogens with one attached hydrogen (secondary N) is 2. The van der Waals surface area contributed by atoms with Crippen molar-refractivity contribution in [2.75, 3.05) is 31.6 Å². The van der Waals surface area contributed by atoms with E-state index in [4.69, 9.17) is 4.74 Å². The zero-order valence-electron chi connectivity index (χ0n) is 27.3. The van der Waals surface area contributed by atoms with Crippen LogP contribution in [0, 0.1) is 0 Å². The molecule has 1 aliphatic rings. The van der Waals surface area contributed by atoms with Crippen molar-refractivity contribution < 1.29 is 27.5 Å². The first-order valence-corrected chi connectivity index (χ1v) is 17.0. The first-order chi connectivity index (χ1) is 24.0. The van der Waals surface area contributed by atoms with Crippen LogP contribution in [0.25, 0.3) is 32.6 Å². The maximum absolute atomic E-state index is 13.9. The van der Waals surface area contributed by atoms with E-state index in [2.05, 4.69) is 30.5 Å². The number of urea groups is 1. The molecule has 0 saturated carbocycles. The Labute approximate surface area is 289 Å². The Morgan fingerprint density at radius 1 is 1.10 bits per heavy atom. The van der Waals surface area contributed by atoms with Crippen LogP contribution in [0.4, 0.5) is 23.8 Å². The topological polar surface area (TPSA) is 131 Å². The first-order valence-electron chi connectivity index (χ1n) is 16.1. The second-order valence-corrected chi connectivity index (χ2v) is 12.6. The number of esters is 1. The van der Waals surface area contributed by atoms with Gasteiger partial charge in [0.2, 0.25) is 5.43 Å². The maximum Gasteiger partial charge on any atom is 0.434 e. The first kappa shape index (κ1) is 34.7. The van der Waals surface area contributed by atoms with Crippen molar-refractivity contribution in [1.29, 1.82) is 0 Å². The predicted molar refractivity (Wildman–Crippen MR) is 184 cm³/mol. The molecule has 1 aromatic carbocycles. The monoisotopic (exact) mass is 705 g/mol. The van der Waals surface area contributed by atoms with Gasteiger partial charge in [-0.3, -0.25) is 20.0 Å². The highest BCUT2D eigenvalue weighted by molar-refractivity contribution is 7.13. The van der Waals surface area contributed by atoms with Gasteiger partial charge in [0.15, 0.2) is 5.69 Å². The van der Waals surface area contributed by atoms with E-state index in [9.17, 15) is 27.6 Å². The number of benzene rings is 1. The summed E-state index contributed by atoms with van der Waals surface area (Å²) in [5, 5.41) is 6.38. The summed E-state index contributed by atoms with van der Waals surface area (Å²) in [6.07, 6.45) is 3.56. The number of ether oxygens (including phenoxy) is 1. The minimum atomic E-state index is -4.66. The fourth-order valence-electron chi connectivity index (χ4n) is 6.11. The number of likely N-dealkylation sites (tertiary alicyclic amines) is 1.